The smallest absolute Gasteiger partial charge is 0.183 e. The van der Waals surface area contributed by atoms with Gasteiger partial charge in [-0.1, -0.05) is 13.3 Å². The molecule has 0 saturated heterocycles. The first-order chi connectivity index (χ1) is 5.22. The maximum Gasteiger partial charge on any atom is 0.183 e. The zero-order valence-corrected chi connectivity index (χ0v) is 7.09. The predicted molar refractivity (Wildman–Crippen MR) is 43.8 cm³/mol. The van der Waals surface area contributed by atoms with Crippen LogP contribution in [0.1, 0.15) is 26.7 Å². The molecular weight excluding hydrogens is 142 g/mol. The van der Waals surface area contributed by atoms with Gasteiger partial charge in [0.15, 0.2) is 12.2 Å². The lowest BCUT2D eigenvalue weighted by molar-refractivity contribution is -0.110. The Balaban J connectivity index is 3.82. The first kappa shape index (κ1) is 10.0. The van der Waals surface area contributed by atoms with Gasteiger partial charge in [-0.05, 0) is 18.9 Å². The summed E-state index contributed by atoms with van der Waals surface area (Å²) in [5.74, 6) is 0.388. The summed E-state index contributed by atoms with van der Waals surface area (Å²) in [4.78, 5) is 9.89. The van der Waals surface area contributed by atoms with E-state index in [0.717, 1.165) is 18.4 Å². The van der Waals surface area contributed by atoms with E-state index in [-0.39, 0.29) is 6.61 Å². The van der Waals surface area contributed by atoms with Crippen molar-refractivity contribution in [3.05, 3.63) is 11.5 Å². The molecule has 0 spiro atoms. The number of nitrogens with two attached hydrogens (primary N) is 1. The van der Waals surface area contributed by atoms with E-state index >= 15 is 0 Å². The minimum Gasteiger partial charge on any atom is -0.472 e. The van der Waals surface area contributed by atoms with Gasteiger partial charge in [-0.3, -0.25) is 4.79 Å². The number of allylic oxidation sites excluding steroid dienone is 1. The Bertz CT molecular complexity index is 152. The van der Waals surface area contributed by atoms with E-state index < -0.39 is 0 Å². The monoisotopic (exact) mass is 157 g/mol. The van der Waals surface area contributed by atoms with E-state index in [1.165, 1.54) is 0 Å². The van der Waals surface area contributed by atoms with Crippen molar-refractivity contribution in [2.75, 3.05) is 6.61 Å². The second-order valence-electron chi connectivity index (χ2n) is 2.37. The van der Waals surface area contributed by atoms with Crippen LogP contribution in [0.4, 0.5) is 0 Å². The van der Waals surface area contributed by atoms with Crippen LogP contribution < -0.4 is 5.73 Å². The lowest BCUT2D eigenvalue weighted by Crippen LogP contribution is -2.07. The minimum absolute atomic E-state index is 0.0485. The Morgan fingerprint density at radius 3 is 2.73 bits per heavy atom. The fourth-order valence-corrected chi connectivity index (χ4v) is 0.745. The summed E-state index contributed by atoms with van der Waals surface area (Å²) < 4.78 is 4.89. The maximum absolute atomic E-state index is 9.89. The molecule has 0 aliphatic heterocycles. The molecule has 0 fully saturated rings. The third-order valence-electron chi connectivity index (χ3n) is 1.35. The van der Waals surface area contributed by atoms with Crippen LogP contribution in [0.25, 0.3) is 0 Å². The highest BCUT2D eigenvalue weighted by Gasteiger charge is 1.96. The summed E-state index contributed by atoms with van der Waals surface area (Å²) in [7, 11) is 0. The fourth-order valence-electron chi connectivity index (χ4n) is 0.745. The lowest BCUT2D eigenvalue weighted by Gasteiger charge is -2.05. The van der Waals surface area contributed by atoms with Crippen LogP contribution in [0.5, 0.6) is 0 Å². The molecule has 2 N–H and O–H groups in total. The van der Waals surface area contributed by atoms with Gasteiger partial charge in [-0.2, -0.15) is 0 Å². The van der Waals surface area contributed by atoms with E-state index in [0.29, 0.717) is 12.2 Å². The number of carbonyl (C=O) groups excluding carboxylic acids is 1. The van der Waals surface area contributed by atoms with Gasteiger partial charge in [0.25, 0.3) is 0 Å². The third kappa shape index (κ3) is 4.42. The van der Waals surface area contributed by atoms with Crippen molar-refractivity contribution in [2.24, 2.45) is 5.73 Å². The maximum atomic E-state index is 9.89. The number of hydrogen-bond acceptors (Lipinski definition) is 3. The normalized spacial score (nSPS) is 12.2. The summed E-state index contributed by atoms with van der Waals surface area (Å²) >= 11 is 0. The highest BCUT2D eigenvalue weighted by molar-refractivity contribution is 5.50. The van der Waals surface area contributed by atoms with Crippen LogP contribution in [0.15, 0.2) is 11.5 Å². The summed E-state index contributed by atoms with van der Waals surface area (Å²) in [6.07, 6.45) is 2.65. The van der Waals surface area contributed by atoms with E-state index in [9.17, 15) is 4.79 Å². The summed E-state index contributed by atoms with van der Waals surface area (Å²) in [5, 5.41) is 0. The van der Waals surface area contributed by atoms with Crippen LogP contribution in [0.3, 0.4) is 0 Å². The number of rotatable bonds is 5. The second kappa shape index (κ2) is 5.77. The standard InChI is InChI=1S/C8H15NO2/c1-3-4-7(2)8(9)11-6-5-10/h5H,3-4,6,9H2,1-2H3/b8-7+. The molecule has 0 radical (unpaired) electrons. The van der Waals surface area contributed by atoms with Crippen molar-refractivity contribution in [2.45, 2.75) is 26.7 Å². The van der Waals surface area contributed by atoms with Crippen molar-refractivity contribution in [3.8, 4) is 0 Å². The summed E-state index contributed by atoms with van der Waals surface area (Å²) in [5.41, 5.74) is 6.50. The molecule has 0 aliphatic rings. The largest absolute Gasteiger partial charge is 0.472 e. The van der Waals surface area contributed by atoms with Gasteiger partial charge in [0.1, 0.15) is 6.61 Å². The van der Waals surface area contributed by atoms with Crippen LogP contribution in [-0.4, -0.2) is 12.9 Å². The van der Waals surface area contributed by atoms with Crippen molar-refractivity contribution in [1.82, 2.24) is 0 Å². The SMILES string of the molecule is CCC/C(C)=C(\N)OCC=O. The number of hydrogen-bond donors (Lipinski definition) is 1. The Morgan fingerprint density at radius 2 is 2.27 bits per heavy atom. The third-order valence-corrected chi connectivity index (χ3v) is 1.35. The second-order valence-corrected chi connectivity index (χ2v) is 2.37. The zero-order chi connectivity index (χ0) is 8.69. The molecule has 0 heterocycles. The molecule has 0 saturated carbocycles. The molecule has 0 rings (SSSR count). The number of aldehydes is 1. The average molecular weight is 157 g/mol. The first-order valence-corrected chi connectivity index (χ1v) is 3.74. The van der Waals surface area contributed by atoms with Gasteiger partial charge < -0.3 is 10.5 Å². The molecule has 0 unspecified atom stereocenters. The van der Waals surface area contributed by atoms with Crippen LogP contribution in [0.2, 0.25) is 0 Å². The fraction of sp³-hybridized carbons (Fsp3) is 0.625. The summed E-state index contributed by atoms with van der Waals surface area (Å²) in [6, 6.07) is 0. The number of ether oxygens (including phenoxy) is 1. The molecule has 3 nitrogen and oxygen atoms in total. The Hall–Kier alpha value is -0.990. The zero-order valence-electron chi connectivity index (χ0n) is 7.09. The topological polar surface area (TPSA) is 52.3 Å². The minimum atomic E-state index is 0.0485. The van der Waals surface area contributed by atoms with Crippen molar-refractivity contribution in [1.29, 1.82) is 0 Å². The van der Waals surface area contributed by atoms with E-state index in [2.05, 4.69) is 6.92 Å². The molecule has 0 aromatic heterocycles. The van der Waals surface area contributed by atoms with Gasteiger partial charge in [-0.25, -0.2) is 0 Å². The van der Waals surface area contributed by atoms with Crippen molar-refractivity contribution < 1.29 is 9.53 Å². The van der Waals surface area contributed by atoms with Gasteiger partial charge in [-0.15, -0.1) is 0 Å². The lowest BCUT2D eigenvalue weighted by atomic mass is 10.2. The molecule has 0 amide bonds. The Labute approximate surface area is 67.2 Å². The van der Waals surface area contributed by atoms with E-state index in [1.807, 2.05) is 6.92 Å². The van der Waals surface area contributed by atoms with Crippen LogP contribution in [0, 0.1) is 0 Å². The quantitative estimate of drug-likeness (QED) is 0.481. The molecule has 0 bridgehead atoms. The predicted octanol–water partition coefficient (Wildman–Crippen LogP) is 1.19. The molecule has 0 atom stereocenters. The average Bonchev–Trinajstić information content (AvgIpc) is 2.00. The summed E-state index contributed by atoms with van der Waals surface area (Å²) in [6.45, 7) is 4.02. The van der Waals surface area contributed by atoms with Gasteiger partial charge in [0, 0.05) is 0 Å². The van der Waals surface area contributed by atoms with Crippen LogP contribution >= 0.6 is 0 Å². The molecule has 0 aromatic carbocycles. The molecular formula is C8H15NO2. The Kier molecular flexibility index (Phi) is 5.25. The van der Waals surface area contributed by atoms with Gasteiger partial charge >= 0.3 is 0 Å². The molecule has 64 valence electrons. The van der Waals surface area contributed by atoms with Crippen molar-refractivity contribution in [3.63, 3.8) is 0 Å². The first-order valence-electron chi connectivity index (χ1n) is 3.74. The van der Waals surface area contributed by atoms with Crippen LogP contribution in [-0.2, 0) is 9.53 Å². The van der Waals surface area contributed by atoms with Gasteiger partial charge in [0.2, 0.25) is 0 Å². The molecule has 11 heavy (non-hydrogen) atoms. The highest BCUT2D eigenvalue weighted by atomic mass is 16.5. The Morgan fingerprint density at radius 1 is 1.64 bits per heavy atom. The molecule has 3 heteroatoms. The van der Waals surface area contributed by atoms with Gasteiger partial charge in [0.05, 0.1) is 0 Å². The van der Waals surface area contributed by atoms with Crippen molar-refractivity contribution >= 4 is 6.29 Å². The highest BCUT2D eigenvalue weighted by Crippen LogP contribution is 2.06. The number of carbonyl (C=O) groups is 1. The molecule has 0 aliphatic carbocycles. The van der Waals surface area contributed by atoms with E-state index in [4.69, 9.17) is 10.5 Å². The van der Waals surface area contributed by atoms with E-state index in [1.54, 1.807) is 0 Å². The molecule has 0 aromatic rings.